The van der Waals surface area contributed by atoms with E-state index in [-0.39, 0.29) is 12.3 Å². The number of ether oxygens (including phenoxy) is 2. The maximum Gasteiger partial charge on any atom is 0.213 e. The van der Waals surface area contributed by atoms with Crippen LogP contribution in [0.5, 0.6) is 11.5 Å². The fourth-order valence-corrected chi connectivity index (χ4v) is 4.64. The molecule has 0 saturated carbocycles. The minimum atomic E-state index is -0.284. The van der Waals surface area contributed by atoms with Gasteiger partial charge in [-0.15, -0.1) is 0 Å². The predicted molar refractivity (Wildman–Crippen MR) is 133 cm³/mol. The average molecular weight is 461 g/mol. The lowest BCUT2D eigenvalue weighted by molar-refractivity contribution is -0.0190. The van der Waals surface area contributed by atoms with Gasteiger partial charge in [-0.3, -0.25) is 0 Å². The smallest absolute Gasteiger partial charge is 0.213 e. The van der Waals surface area contributed by atoms with Crippen LogP contribution in [-0.4, -0.2) is 17.3 Å². The Morgan fingerprint density at radius 2 is 1.76 bits per heavy atom. The predicted octanol–water partition coefficient (Wildman–Crippen LogP) is 7.54. The normalized spacial score (nSPS) is 18.8. The van der Waals surface area contributed by atoms with Gasteiger partial charge in [0.2, 0.25) is 6.23 Å². The highest BCUT2D eigenvalue weighted by Gasteiger charge is 2.40. The van der Waals surface area contributed by atoms with Crippen molar-refractivity contribution in [3.63, 3.8) is 0 Å². The molecule has 2 heterocycles. The Balaban J connectivity index is 1.38. The van der Waals surface area contributed by atoms with Crippen LogP contribution in [0.3, 0.4) is 0 Å². The molecule has 0 radical (unpaired) electrons. The molecule has 0 aliphatic carbocycles. The highest BCUT2D eigenvalue weighted by Crippen LogP contribution is 2.47. The molecule has 0 spiro atoms. The molecule has 0 aromatic heterocycles. The molecule has 5 heteroatoms. The Labute approximate surface area is 200 Å². The van der Waals surface area contributed by atoms with Crippen molar-refractivity contribution in [1.82, 2.24) is 5.01 Å². The van der Waals surface area contributed by atoms with E-state index in [0.717, 1.165) is 52.8 Å². The molecule has 2 aliphatic heterocycles. The third-order valence-electron chi connectivity index (χ3n) is 6.31. The summed E-state index contributed by atoms with van der Waals surface area (Å²) in [4.78, 5) is 0. The second-order valence-corrected chi connectivity index (χ2v) is 9.08. The number of rotatable bonds is 8. The Bertz CT molecular complexity index is 1110. The number of halogens is 1. The van der Waals surface area contributed by atoms with Gasteiger partial charge in [0.05, 0.1) is 18.4 Å². The molecule has 2 aliphatic rings. The molecule has 0 amide bonds. The van der Waals surface area contributed by atoms with Gasteiger partial charge < -0.3 is 9.47 Å². The van der Waals surface area contributed by atoms with Crippen molar-refractivity contribution < 1.29 is 9.47 Å². The first-order valence-electron chi connectivity index (χ1n) is 11.8. The minimum absolute atomic E-state index is 0.139. The summed E-state index contributed by atoms with van der Waals surface area (Å²) >= 11 is 6.10. The topological polar surface area (TPSA) is 34.1 Å². The molecular formula is C28H29ClN2O2. The zero-order chi connectivity index (χ0) is 22.6. The molecule has 33 heavy (non-hydrogen) atoms. The van der Waals surface area contributed by atoms with Crippen LogP contribution in [0.1, 0.15) is 68.0 Å². The second-order valence-electron chi connectivity index (χ2n) is 8.64. The van der Waals surface area contributed by atoms with Gasteiger partial charge in [0.15, 0.2) is 0 Å². The SMILES string of the molecule is CCCCCCOc1ccc([C@@H]2Oc3ccccc3[C@@H]3CC(c4ccc(Cl)cc4)=NN32)cc1. The van der Waals surface area contributed by atoms with Crippen LogP contribution in [0.25, 0.3) is 0 Å². The summed E-state index contributed by atoms with van der Waals surface area (Å²) in [6.07, 6.45) is 5.35. The monoisotopic (exact) mass is 460 g/mol. The molecule has 0 bridgehead atoms. The summed E-state index contributed by atoms with van der Waals surface area (Å²) in [7, 11) is 0. The number of para-hydroxylation sites is 1. The lowest BCUT2D eigenvalue weighted by atomic mass is 9.96. The van der Waals surface area contributed by atoms with Crippen molar-refractivity contribution in [3.8, 4) is 11.5 Å². The molecule has 0 fully saturated rings. The minimum Gasteiger partial charge on any atom is -0.494 e. The Morgan fingerprint density at radius 1 is 0.970 bits per heavy atom. The van der Waals surface area contributed by atoms with E-state index in [4.69, 9.17) is 26.2 Å². The first-order chi connectivity index (χ1) is 16.2. The van der Waals surface area contributed by atoms with E-state index in [1.807, 2.05) is 48.5 Å². The quantitative estimate of drug-likeness (QED) is 0.325. The Hall–Kier alpha value is -2.98. The molecule has 170 valence electrons. The number of hydrazone groups is 1. The molecule has 2 atom stereocenters. The number of nitrogens with zero attached hydrogens (tertiary/aromatic N) is 2. The Kier molecular flexibility index (Phi) is 6.54. The van der Waals surface area contributed by atoms with Gasteiger partial charge in [-0.1, -0.05) is 68.1 Å². The van der Waals surface area contributed by atoms with Gasteiger partial charge in [-0.25, -0.2) is 5.01 Å². The van der Waals surface area contributed by atoms with E-state index < -0.39 is 0 Å². The highest BCUT2D eigenvalue weighted by atomic mass is 35.5. The van der Waals surface area contributed by atoms with Crippen LogP contribution in [0, 0.1) is 0 Å². The zero-order valence-electron chi connectivity index (χ0n) is 18.9. The lowest BCUT2D eigenvalue weighted by Crippen LogP contribution is -2.33. The van der Waals surface area contributed by atoms with Crippen LogP contribution in [0.4, 0.5) is 0 Å². The van der Waals surface area contributed by atoms with Crippen molar-refractivity contribution in [2.45, 2.75) is 51.3 Å². The summed E-state index contributed by atoms with van der Waals surface area (Å²) in [5.74, 6) is 1.82. The van der Waals surface area contributed by atoms with Gasteiger partial charge in [0, 0.05) is 22.6 Å². The first-order valence-corrected chi connectivity index (χ1v) is 12.2. The Morgan fingerprint density at radius 3 is 2.55 bits per heavy atom. The molecule has 5 rings (SSSR count). The van der Waals surface area contributed by atoms with Crippen molar-refractivity contribution >= 4 is 17.3 Å². The summed E-state index contributed by atoms with van der Waals surface area (Å²) in [5.41, 5.74) is 4.38. The molecule has 4 nitrogen and oxygen atoms in total. The largest absolute Gasteiger partial charge is 0.494 e. The standard InChI is InChI=1S/C28H29ClN2O2/c1-2-3-4-7-18-32-23-16-12-21(13-17-23)28-31-26(24-8-5-6-9-27(24)33-28)19-25(30-31)20-10-14-22(29)15-11-20/h5-6,8-17,26,28H,2-4,7,18-19H2,1H3/t26-,28-/m0/s1. The van der Waals surface area contributed by atoms with Gasteiger partial charge in [-0.2, -0.15) is 5.10 Å². The number of hydrogen-bond acceptors (Lipinski definition) is 4. The lowest BCUT2D eigenvalue weighted by Gasteiger charge is -2.38. The molecule has 0 saturated heterocycles. The average Bonchev–Trinajstić information content (AvgIpc) is 3.30. The van der Waals surface area contributed by atoms with Crippen molar-refractivity contribution in [2.75, 3.05) is 6.61 Å². The van der Waals surface area contributed by atoms with Crippen molar-refractivity contribution in [3.05, 3.63) is 94.5 Å². The first kappa shape index (κ1) is 21.8. The second kappa shape index (κ2) is 9.88. The van der Waals surface area contributed by atoms with Crippen LogP contribution in [-0.2, 0) is 0 Å². The van der Waals surface area contributed by atoms with Crippen LogP contribution >= 0.6 is 11.6 Å². The molecule has 0 N–H and O–H groups in total. The maximum atomic E-state index is 6.46. The van der Waals surface area contributed by atoms with Gasteiger partial charge in [-0.05, 0) is 54.4 Å². The maximum absolute atomic E-state index is 6.46. The van der Waals surface area contributed by atoms with Gasteiger partial charge in [0.1, 0.15) is 11.5 Å². The highest BCUT2D eigenvalue weighted by molar-refractivity contribution is 6.30. The van der Waals surface area contributed by atoms with E-state index >= 15 is 0 Å². The van der Waals surface area contributed by atoms with Crippen molar-refractivity contribution in [2.24, 2.45) is 5.10 Å². The molecule has 3 aromatic carbocycles. The van der Waals surface area contributed by atoms with E-state index in [2.05, 4.69) is 36.2 Å². The van der Waals surface area contributed by atoms with Crippen LogP contribution < -0.4 is 9.47 Å². The molecular weight excluding hydrogens is 432 g/mol. The van der Waals surface area contributed by atoms with E-state index in [0.29, 0.717) is 0 Å². The summed E-state index contributed by atoms with van der Waals surface area (Å²) in [6, 6.07) is 24.6. The molecule has 3 aromatic rings. The van der Waals surface area contributed by atoms with Crippen molar-refractivity contribution in [1.29, 1.82) is 0 Å². The van der Waals surface area contributed by atoms with E-state index in [9.17, 15) is 0 Å². The van der Waals surface area contributed by atoms with E-state index in [1.54, 1.807) is 0 Å². The third kappa shape index (κ3) is 4.72. The van der Waals surface area contributed by atoms with Crippen LogP contribution in [0.15, 0.2) is 77.9 Å². The summed E-state index contributed by atoms with van der Waals surface area (Å²) in [5, 5.41) is 7.85. The fourth-order valence-electron chi connectivity index (χ4n) is 4.52. The fraction of sp³-hybridized carbons (Fsp3) is 0.321. The molecule has 0 unspecified atom stereocenters. The third-order valence-corrected chi connectivity index (χ3v) is 6.56. The number of unbranched alkanes of at least 4 members (excludes halogenated alkanes) is 3. The summed E-state index contributed by atoms with van der Waals surface area (Å²) < 4.78 is 12.4. The van der Waals surface area contributed by atoms with Crippen LogP contribution in [0.2, 0.25) is 5.02 Å². The number of fused-ring (bicyclic) bond motifs is 3. The number of hydrogen-bond donors (Lipinski definition) is 0. The summed E-state index contributed by atoms with van der Waals surface area (Å²) in [6.45, 7) is 2.98. The number of benzene rings is 3. The zero-order valence-corrected chi connectivity index (χ0v) is 19.7. The van der Waals surface area contributed by atoms with Gasteiger partial charge >= 0.3 is 0 Å². The van der Waals surface area contributed by atoms with Gasteiger partial charge in [0.25, 0.3) is 0 Å². The van der Waals surface area contributed by atoms with E-state index in [1.165, 1.54) is 24.8 Å².